The second-order valence-electron chi connectivity index (χ2n) is 6.39. The minimum absolute atomic E-state index is 0.0221. The molecule has 3 amide bonds. The lowest BCUT2D eigenvalue weighted by atomic mass is 10.2. The number of benzene rings is 2. The fourth-order valence-corrected chi connectivity index (χ4v) is 2.51. The summed E-state index contributed by atoms with van der Waals surface area (Å²) in [7, 11) is 0. The van der Waals surface area contributed by atoms with Crippen LogP contribution >= 0.6 is 11.6 Å². The SMILES string of the molecule is Cc1ccc(NC(=O)CCCC(=O)OCC(=O)NNC(=O)c2ccccc2)cc1Cl. The number of hydrogen-bond donors (Lipinski definition) is 3. The minimum Gasteiger partial charge on any atom is -0.455 e. The molecule has 0 heterocycles. The normalized spacial score (nSPS) is 10.1. The van der Waals surface area contributed by atoms with E-state index < -0.39 is 24.4 Å². The average Bonchev–Trinajstić information content (AvgIpc) is 2.73. The van der Waals surface area contributed by atoms with Gasteiger partial charge in [0.15, 0.2) is 6.61 Å². The van der Waals surface area contributed by atoms with Crippen molar-refractivity contribution >= 4 is 41.0 Å². The molecule has 0 unspecified atom stereocenters. The Hall–Kier alpha value is -3.39. The largest absolute Gasteiger partial charge is 0.455 e. The Morgan fingerprint density at radius 1 is 0.933 bits per heavy atom. The number of rotatable bonds is 8. The topological polar surface area (TPSA) is 114 Å². The Bertz CT molecular complexity index is 918. The van der Waals surface area contributed by atoms with Gasteiger partial charge >= 0.3 is 5.97 Å². The minimum atomic E-state index is -0.679. The molecule has 0 radical (unpaired) electrons. The lowest BCUT2D eigenvalue weighted by Crippen LogP contribution is -2.43. The molecule has 0 spiro atoms. The number of carbonyl (C=O) groups excluding carboxylic acids is 4. The second kappa shape index (κ2) is 11.6. The van der Waals surface area contributed by atoms with Crippen LogP contribution in [0.3, 0.4) is 0 Å². The number of hydrazine groups is 1. The fraction of sp³-hybridized carbons (Fsp3) is 0.238. The Kier molecular flexibility index (Phi) is 8.83. The Morgan fingerprint density at radius 2 is 1.67 bits per heavy atom. The lowest BCUT2D eigenvalue weighted by Gasteiger charge is -2.08. The molecule has 0 fully saturated rings. The van der Waals surface area contributed by atoms with E-state index in [9.17, 15) is 19.2 Å². The highest BCUT2D eigenvalue weighted by Gasteiger charge is 2.11. The highest BCUT2D eigenvalue weighted by molar-refractivity contribution is 6.31. The molecule has 0 saturated carbocycles. The molecule has 0 aliphatic heterocycles. The van der Waals surface area contributed by atoms with Crippen LogP contribution in [0.5, 0.6) is 0 Å². The maximum Gasteiger partial charge on any atom is 0.306 e. The molecule has 0 aliphatic carbocycles. The van der Waals surface area contributed by atoms with Gasteiger partial charge in [-0.2, -0.15) is 0 Å². The van der Waals surface area contributed by atoms with Crippen LogP contribution in [0.25, 0.3) is 0 Å². The first-order valence-corrected chi connectivity index (χ1v) is 9.59. The van der Waals surface area contributed by atoms with E-state index >= 15 is 0 Å². The third kappa shape index (κ3) is 7.92. The maximum absolute atomic E-state index is 11.9. The van der Waals surface area contributed by atoms with Gasteiger partial charge in [0.25, 0.3) is 11.8 Å². The van der Waals surface area contributed by atoms with Crippen molar-refractivity contribution in [3.63, 3.8) is 0 Å². The smallest absolute Gasteiger partial charge is 0.306 e. The maximum atomic E-state index is 11.9. The van der Waals surface area contributed by atoms with E-state index in [1.54, 1.807) is 48.5 Å². The quantitative estimate of drug-likeness (QED) is 0.439. The van der Waals surface area contributed by atoms with E-state index in [0.717, 1.165) is 5.56 Å². The van der Waals surface area contributed by atoms with Gasteiger partial charge in [0, 0.05) is 29.1 Å². The van der Waals surface area contributed by atoms with Gasteiger partial charge in [0.05, 0.1) is 0 Å². The number of nitrogens with one attached hydrogen (secondary N) is 3. The highest BCUT2D eigenvalue weighted by atomic mass is 35.5. The molecule has 30 heavy (non-hydrogen) atoms. The zero-order chi connectivity index (χ0) is 21.9. The summed E-state index contributed by atoms with van der Waals surface area (Å²) in [6.07, 6.45) is 0.349. The van der Waals surface area contributed by atoms with Gasteiger partial charge in [-0.1, -0.05) is 35.9 Å². The third-order valence-electron chi connectivity index (χ3n) is 3.96. The summed E-state index contributed by atoms with van der Waals surface area (Å²) in [5.74, 6) is -2.05. The first kappa shape index (κ1) is 22.9. The van der Waals surface area contributed by atoms with E-state index in [4.69, 9.17) is 16.3 Å². The summed E-state index contributed by atoms with van der Waals surface area (Å²) in [6, 6.07) is 13.5. The van der Waals surface area contributed by atoms with E-state index in [1.165, 1.54) is 0 Å². The van der Waals surface area contributed by atoms with E-state index in [2.05, 4.69) is 16.2 Å². The van der Waals surface area contributed by atoms with Crippen molar-refractivity contribution < 1.29 is 23.9 Å². The van der Waals surface area contributed by atoms with Gasteiger partial charge in [-0.3, -0.25) is 30.0 Å². The predicted molar refractivity (Wildman–Crippen MR) is 112 cm³/mol. The van der Waals surface area contributed by atoms with Crippen molar-refractivity contribution in [2.24, 2.45) is 0 Å². The first-order valence-electron chi connectivity index (χ1n) is 9.21. The van der Waals surface area contributed by atoms with Gasteiger partial charge in [-0.15, -0.1) is 0 Å². The number of anilines is 1. The van der Waals surface area contributed by atoms with Crippen LogP contribution in [0.4, 0.5) is 5.69 Å². The number of aryl methyl sites for hydroxylation is 1. The summed E-state index contributed by atoms with van der Waals surface area (Å²) >= 11 is 6.01. The monoisotopic (exact) mass is 431 g/mol. The van der Waals surface area contributed by atoms with Gasteiger partial charge in [-0.25, -0.2) is 0 Å². The number of halogens is 1. The molecule has 2 rings (SSSR count). The van der Waals surface area contributed by atoms with Crippen LogP contribution in [0, 0.1) is 6.92 Å². The summed E-state index contributed by atoms with van der Waals surface area (Å²) in [5, 5.41) is 3.25. The van der Waals surface area contributed by atoms with Crippen molar-refractivity contribution in [2.45, 2.75) is 26.2 Å². The van der Waals surface area contributed by atoms with Gasteiger partial charge < -0.3 is 10.1 Å². The van der Waals surface area contributed by atoms with Crippen molar-refractivity contribution in [3.05, 3.63) is 64.7 Å². The van der Waals surface area contributed by atoms with Crippen LogP contribution in [0.15, 0.2) is 48.5 Å². The molecule has 0 aliphatic rings. The predicted octanol–water partition coefficient (Wildman–Crippen LogP) is 2.76. The Labute approximate surface area is 178 Å². The fourth-order valence-electron chi connectivity index (χ4n) is 2.33. The van der Waals surface area contributed by atoms with Crippen molar-refractivity contribution in [1.82, 2.24) is 10.9 Å². The first-order chi connectivity index (χ1) is 14.3. The Morgan fingerprint density at radius 3 is 2.37 bits per heavy atom. The molecule has 158 valence electrons. The van der Waals surface area contributed by atoms with Crippen LogP contribution in [-0.4, -0.2) is 30.3 Å². The number of ether oxygens (including phenoxy) is 1. The molecular formula is C21H22ClN3O5. The molecule has 2 aromatic carbocycles. The average molecular weight is 432 g/mol. The number of hydrogen-bond acceptors (Lipinski definition) is 5. The molecule has 9 heteroatoms. The van der Waals surface area contributed by atoms with Gasteiger partial charge in [0.1, 0.15) is 0 Å². The number of amides is 3. The van der Waals surface area contributed by atoms with E-state index in [1.807, 2.05) is 6.92 Å². The van der Waals surface area contributed by atoms with Crippen molar-refractivity contribution in [3.8, 4) is 0 Å². The second-order valence-corrected chi connectivity index (χ2v) is 6.80. The zero-order valence-electron chi connectivity index (χ0n) is 16.4. The highest BCUT2D eigenvalue weighted by Crippen LogP contribution is 2.20. The van der Waals surface area contributed by atoms with E-state index in [-0.39, 0.29) is 25.2 Å². The molecule has 0 aromatic heterocycles. The van der Waals surface area contributed by atoms with Crippen molar-refractivity contribution in [1.29, 1.82) is 0 Å². The summed E-state index contributed by atoms with van der Waals surface area (Å²) < 4.78 is 4.82. The van der Waals surface area contributed by atoms with Gasteiger partial charge in [0.2, 0.25) is 5.91 Å². The zero-order valence-corrected chi connectivity index (χ0v) is 17.1. The lowest BCUT2D eigenvalue weighted by molar-refractivity contribution is -0.148. The van der Waals surface area contributed by atoms with Crippen LogP contribution in [-0.2, 0) is 19.1 Å². The summed E-state index contributed by atoms with van der Waals surface area (Å²) in [4.78, 5) is 47.0. The molecule has 2 aromatic rings. The van der Waals surface area contributed by atoms with Gasteiger partial charge in [-0.05, 0) is 43.2 Å². The van der Waals surface area contributed by atoms with Crippen molar-refractivity contribution in [2.75, 3.05) is 11.9 Å². The molecular weight excluding hydrogens is 410 g/mol. The number of carbonyl (C=O) groups is 4. The van der Waals surface area contributed by atoms with E-state index in [0.29, 0.717) is 16.3 Å². The van der Waals surface area contributed by atoms with Crippen LogP contribution in [0.1, 0.15) is 35.2 Å². The molecule has 0 bridgehead atoms. The molecule has 0 saturated heterocycles. The summed E-state index contributed by atoms with van der Waals surface area (Å²) in [5.41, 5.74) is 6.23. The molecule has 8 nitrogen and oxygen atoms in total. The number of esters is 1. The molecule has 3 N–H and O–H groups in total. The standard InChI is InChI=1S/C21H22ClN3O5/c1-14-10-11-16(12-17(14)22)23-18(26)8-5-9-20(28)30-13-19(27)24-25-21(29)15-6-3-2-4-7-15/h2-4,6-7,10-12H,5,8-9,13H2,1H3,(H,23,26)(H,24,27)(H,25,29). The van der Waals surface area contributed by atoms with Crippen LogP contribution in [0.2, 0.25) is 5.02 Å². The summed E-state index contributed by atoms with van der Waals surface area (Å²) in [6.45, 7) is 1.32. The Balaban J connectivity index is 1.60. The van der Waals surface area contributed by atoms with Crippen LogP contribution < -0.4 is 16.2 Å². The third-order valence-corrected chi connectivity index (χ3v) is 4.36. The molecule has 0 atom stereocenters.